The lowest BCUT2D eigenvalue weighted by molar-refractivity contribution is -0.227. The molecular weight excluding hydrogens is 271 g/mol. The molecule has 1 aromatic rings. The summed E-state index contributed by atoms with van der Waals surface area (Å²) in [6.07, 6.45) is -7.15. The molecule has 1 aromatic carbocycles. The summed E-state index contributed by atoms with van der Waals surface area (Å²) >= 11 is 0. The Kier molecular flexibility index (Phi) is 5.54. The Labute approximate surface area is 115 Å². The van der Waals surface area contributed by atoms with Gasteiger partial charge in [0.1, 0.15) is 0 Å². The summed E-state index contributed by atoms with van der Waals surface area (Å²) in [5, 5.41) is 8.73. The second kappa shape index (κ2) is 6.73. The monoisotopic (exact) mass is 287 g/mol. The smallest absolute Gasteiger partial charge is 0.381 e. The number of halogens is 3. The summed E-state index contributed by atoms with van der Waals surface area (Å²) in [6.45, 7) is 1.56. The SMILES string of the molecule is COC(C)C(c1ccc(C#N)cc1)C(OC)C(F)(F)F. The number of hydrogen-bond donors (Lipinski definition) is 0. The van der Waals surface area contributed by atoms with Crippen molar-refractivity contribution in [3.05, 3.63) is 35.4 Å². The van der Waals surface area contributed by atoms with E-state index in [9.17, 15) is 13.2 Å². The van der Waals surface area contributed by atoms with Crippen LogP contribution in [0.2, 0.25) is 0 Å². The van der Waals surface area contributed by atoms with Gasteiger partial charge in [-0.1, -0.05) is 12.1 Å². The molecule has 0 aliphatic carbocycles. The summed E-state index contributed by atoms with van der Waals surface area (Å²) in [6, 6.07) is 7.88. The van der Waals surface area contributed by atoms with Gasteiger partial charge in [-0.15, -0.1) is 0 Å². The molecule has 3 nitrogen and oxygen atoms in total. The molecule has 0 radical (unpaired) electrons. The number of rotatable bonds is 5. The minimum Gasteiger partial charge on any atom is -0.381 e. The van der Waals surface area contributed by atoms with E-state index in [2.05, 4.69) is 4.74 Å². The van der Waals surface area contributed by atoms with Crippen LogP contribution in [0.15, 0.2) is 24.3 Å². The molecule has 6 heteroatoms. The first kappa shape index (κ1) is 16.5. The summed E-state index contributed by atoms with van der Waals surface area (Å²) < 4.78 is 48.9. The van der Waals surface area contributed by atoms with Crippen molar-refractivity contribution in [2.75, 3.05) is 14.2 Å². The third-order valence-corrected chi connectivity index (χ3v) is 3.20. The molecule has 0 aliphatic heterocycles. The molecular formula is C14H16F3NO2. The van der Waals surface area contributed by atoms with Gasteiger partial charge in [0, 0.05) is 20.1 Å². The fourth-order valence-corrected chi connectivity index (χ4v) is 2.10. The maximum absolute atomic E-state index is 13.1. The van der Waals surface area contributed by atoms with E-state index in [1.807, 2.05) is 6.07 Å². The molecule has 3 unspecified atom stereocenters. The number of benzene rings is 1. The predicted molar refractivity (Wildman–Crippen MR) is 67.2 cm³/mol. The molecule has 3 atom stereocenters. The van der Waals surface area contributed by atoms with Crippen LogP contribution in [0.5, 0.6) is 0 Å². The lowest BCUT2D eigenvalue weighted by Crippen LogP contribution is -2.41. The van der Waals surface area contributed by atoms with E-state index in [0.717, 1.165) is 7.11 Å². The van der Waals surface area contributed by atoms with E-state index in [1.165, 1.54) is 31.4 Å². The Balaban J connectivity index is 3.20. The van der Waals surface area contributed by atoms with Crippen LogP contribution in [0.25, 0.3) is 0 Å². The largest absolute Gasteiger partial charge is 0.415 e. The van der Waals surface area contributed by atoms with E-state index < -0.39 is 24.3 Å². The van der Waals surface area contributed by atoms with Crippen LogP contribution in [0, 0.1) is 11.3 Å². The minimum absolute atomic E-state index is 0.388. The van der Waals surface area contributed by atoms with E-state index in [4.69, 9.17) is 10.00 Å². The van der Waals surface area contributed by atoms with Crippen LogP contribution < -0.4 is 0 Å². The molecule has 0 heterocycles. The normalized spacial score (nSPS) is 16.2. The van der Waals surface area contributed by atoms with Crippen molar-refractivity contribution in [2.45, 2.75) is 31.2 Å². The van der Waals surface area contributed by atoms with Crippen LogP contribution in [0.1, 0.15) is 24.0 Å². The number of alkyl halides is 3. The highest BCUT2D eigenvalue weighted by molar-refractivity contribution is 5.34. The Hall–Kier alpha value is -1.58. The van der Waals surface area contributed by atoms with Crippen molar-refractivity contribution in [2.24, 2.45) is 0 Å². The maximum Gasteiger partial charge on any atom is 0.415 e. The molecule has 0 fully saturated rings. The quantitative estimate of drug-likeness (QED) is 0.834. The molecule has 0 spiro atoms. The van der Waals surface area contributed by atoms with Crippen molar-refractivity contribution >= 4 is 0 Å². The first-order chi connectivity index (χ1) is 9.35. The predicted octanol–water partition coefficient (Wildman–Crippen LogP) is 3.25. The zero-order valence-corrected chi connectivity index (χ0v) is 11.4. The molecule has 0 aliphatic rings. The highest BCUT2D eigenvalue weighted by Crippen LogP contribution is 2.37. The standard InChI is InChI=1S/C14H16F3NO2/c1-9(19-2)12(13(20-3)14(15,16)17)11-6-4-10(8-18)5-7-11/h4-7,9,12-13H,1-3H3. The van der Waals surface area contributed by atoms with Gasteiger partial charge in [-0.3, -0.25) is 0 Å². The van der Waals surface area contributed by atoms with E-state index in [-0.39, 0.29) is 0 Å². The van der Waals surface area contributed by atoms with Gasteiger partial charge in [-0.2, -0.15) is 18.4 Å². The van der Waals surface area contributed by atoms with Gasteiger partial charge >= 0.3 is 6.18 Å². The van der Waals surface area contributed by atoms with Crippen molar-refractivity contribution in [3.63, 3.8) is 0 Å². The number of methoxy groups -OCH3 is 2. The van der Waals surface area contributed by atoms with E-state index >= 15 is 0 Å². The molecule has 0 saturated carbocycles. The van der Waals surface area contributed by atoms with Crippen LogP contribution in [0.3, 0.4) is 0 Å². The molecule has 0 aromatic heterocycles. The Morgan fingerprint density at radius 1 is 1.10 bits per heavy atom. The van der Waals surface area contributed by atoms with Crippen molar-refractivity contribution in [1.82, 2.24) is 0 Å². The van der Waals surface area contributed by atoms with E-state index in [1.54, 1.807) is 6.92 Å². The molecule has 110 valence electrons. The van der Waals surface area contributed by atoms with Gasteiger partial charge in [-0.25, -0.2) is 0 Å². The van der Waals surface area contributed by atoms with Crippen molar-refractivity contribution < 1.29 is 22.6 Å². The van der Waals surface area contributed by atoms with Gasteiger partial charge in [0.05, 0.1) is 17.7 Å². The number of hydrogen-bond acceptors (Lipinski definition) is 3. The molecule has 0 N–H and O–H groups in total. The van der Waals surface area contributed by atoms with Crippen molar-refractivity contribution in [3.8, 4) is 6.07 Å². The Morgan fingerprint density at radius 2 is 1.65 bits per heavy atom. The van der Waals surface area contributed by atoms with Crippen LogP contribution >= 0.6 is 0 Å². The van der Waals surface area contributed by atoms with E-state index in [0.29, 0.717) is 11.1 Å². The first-order valence-electron chi connectivity index (χ1n) is 5.97. The third-order valence-electron chi connectivity index (χ3n) is 3.20. The van der Waals surface area contributed by atoms with Crippen molar-refractivity contribution in [1.29, 1.82) is 5.26 Å². The van der Waals surface area contributed by atoms with Gasteiger partial charge in [0.15, 0.2) is 6.10 Å². The highest BCUT2D eigenvalue weighted by Gasteiger charge is 2.47. The zero-order chi connectivity index (χ0) is 15.3. The number of nitriles is 1. The lowest BCUT2D eigenvalue weighted by atomic mass is 9.88. The summed E-state index contributed by atoms with van der Waals surface area (Å²) in [5.74, 6) is -1.00. The summed E-state index contributed by atoms with van der Waals surface area (Å²) in [5.41, 5.74) is 0.807. The molecule has 0 bridgehead atoms. The highest BCUT2D eigenvalue weighted by atomic mass is 19.4. The maximum atomic E-state index is 13.1. The Bertz CT molecular complexity index is 465. The minimum atomic E-state index is -4.50. The third kappa shape index (κ3) is 3.71. The number of nitrogens with zero attached hydrogens (tertiary/aromatic N) is 1. The second-order valence-electron chi connectivity index (χ2n) is 4.40. The first-order valence-corrected chi connectivity index (χ1v) is 5.97. The average molecular weight is 287 g/mol. The number of ether oxygens (including phenoxy) is 2. The lowest BCUT2D eigenvalue weighted by Gasteiger charge is -2.31. The molecule has 20 heavy (non-hydrogen) atoms. The average Bonchev–Trinajstić information content (AvgIpc) is 2.42. The van der Waals surface area contributed by atoms with Crippen LogP contribution in [-0.4, -0.2) is 32.6 Å². The molecule has 1 rings (SSSR count). The topological polar surface area (TPSA) is 42.2 Å². The van der Waals surface area contributed by atoms with Gasteiger partial charge in [0.25, 0.3) is 0 Å². The van der Waals surface area contributed by atoms with Gasteiger partial charge in [-0.05, 0) is 24.6 Å². The summed E-state index contributed by atoms with van der Waals surface area (Å²) in [7, 11) is 2.38. The molecule has 0 saturated heterocycles. The van der Waals surface area contributed by atoms with Crippen LogP contribution in [0.4, 0.5) is 13.2 Å². The Morgan fingerprint density at radius 3 is 2.00 bits per heavy atom. The fourth-order valence-electron chi connectivity index (χ4n) is 2.10. The van der Waals surface area contributed by atoms with Gasteiger partial charge in [0.2, 0.25) is 0 Å². The second-order valence-corrected chi connectivity index (χ2v) is 4.40. The summed E-state index contributed by atoms with van der Waals surface area (Å²) in [4.78, 5) is 0. The van der Waals surface area contributed by atoms with Gasteiger partial charge < -0.3 is 9.47 Å². The molecule has 0 amide bonds. The van der Waals surface area contributed by atoms with Crippen LogP contribution in [-0.2, 0) is 9.47 Å². The zero-order valence-electron chi connectivity index (χ0n) is 11.4. The fraction of sp³-hybridized carbons (Fsp3) is 0.500.